The van der Waals surface area contributed by atoms with E-state index in [1.165, 1.54) is 0 Å². The second kappa shape index (κ2) is 5.87. The molecule has 0 radical (unpaired) electrons. The number of aryl methyl sites for hydroxylation is 1. The molecule has 5 nitrogen and oxygen atoms in total. The number of pyridine rings is 1. The molecule has 8 heteroatoms. The summed E-state index contributed by atoms with van der Waals surface area (Å²) < 4.78 is 39.1. The van der Waals surface area contributed by atoms with E-state index in [4.69, 9.17) is 22.3 Å². The molecule has 1 aliphatic rings. The van der Waals surface area contributed by atoms with Gasteiger partial charge in [-0.15, -0.1) is 0 Å². The van der Waals surface area contributed by atoms with E-state index in [1.807, 2.05) is 0 Å². The number of alkyl halides is 3. The quantitative estimate of drug-likeness (QED) is 0.505. The fourth-order valence-electron chi connectivity index (χ4n) is 3.31. The van der Waals surface area contributed by atoms with E-state index in [1.54, 1.807) is 12.1 Å². The number of hydrogen-bond acceptors (Lipinski definition) is 5. The van der Waals surface area contributed by atoms with Gasteiger partial charge >= 0.3 is 6.18 Å². The Bertz CT molecular complexity index is 928. The molecule has 0 saturated heterocycles. The molecule has 0 aliphatic heterocycles. The molecule has 0 bridgehead atoms. The van der Waals surface area contributed by atoms with Gasteiger partial charge in [-0.05, 0) is 42.5 Å². The second-order valence-electron chi connectivity index (χ2n) is 5.85. The molecule has 0 atom stereocenters. The van der Waals surface area contributed by atoms with Crippen LogP contribution in [0, 0.1) is 10.8 Å². The first-order chi connectivity index (χ1) is 11.8. The maximum atomic E-state index is 13.0. The standard InChI is InChI=1S/C17H16F3N5/c18-17(19,20)16(24)11(7-22)15-9-3-1-2-8(9)14-10(6-21)12(23)4-5-13(14)25-15/h4-7,21-22H,1-3,23-24H2. The van der Waals surface area contributed by atoms with E-state index >= 15 is 0 Å². The number of nitrogens with two attached hydrogens (primary N) is 2. The Hall–Kier alpha value is -2.90. The summed E-state index contributed by atoms with van der Waals surface area (Å²) in [6, 6.07) is 3.19. The average Bonchev–Trinajstić information content (AvgIpc) is 3.04. The fourth-order valence-corrected chi connectivity index (χ4v) is 3.31. The minimum absolute atomic E-state index is 0.0885. The maximum absolute atomic E-state index is 13.0. The van der Waals surface area contributed by atoms with E-state index in [-0.39, 0.29) is 5.69 Å². The van der Waals surface area contributed by atoms with Gasteiger partial charge in [0.05, 0.1) is 11.2 Å². The zero-order valence-electron chi connectivity index (χ0n) is 13.2. The van der Waals surface area contributed by atoms with Crippen molar-refractivity contribution in [2.45, 2.75) is 25.4 Å². The van der Waals surface area contributed by atoms with Gasteiger partial charge < -0.3 is 22.3 Å². The number of aromatic nitrogens is 1. The Morgan fingerprint density at radius 2 is 1.84 bits per heavy atom. The Labute approximate surface area is 141 Å². The monoisotopic (exact) mass is 347 g/mol. The van der Waals surface area contributed by atoms with Crippen LogP contribution in [0.4, 0.5) is 18.9 Å². The number of fused-ring (bicyclic) bond motifs is 3. The molecule has 3 rings (SSSR count). The lowest BCUT2D eigenvalue weighted by Gasteiger charge is -2.17. The highest BCUT2D eigenvalue weighted by atomic mass is 19.4. The summed E-state index contributed by atoms with van der Waals surface area (Å²) in [4.78, 5) is 4.35. The van der Waals surface area contributed by atoms with Crippen LogP contribution in [-0.4, -0.2) is 23.6 Å². The molecular weight excluding hydrogens is 331 g/mol. The van der Waals surface area contributed by atoms with Crippen LogP contribution in [0.1, 0.15) is 28.8 Å². The van der Waals surface area contributed by atoms with Gasteiger partial charge in [0.2, 0.25) is 0 Å². The van der Waals surface area contributed by atoms with Gasteiger partial charge in [0.15, 0.2) is 0 Å². The summed E-state index contributed by atoms with van der Waals surface area (Å²) in [6.07, 6.45) is -1.05. The SMILES string of the molecule is N=CC(=C(N)C(F)(F)F)c1nc2ccc(N)c(C=N)c2c2c1CCC2. The van der Waals surface area contributed by atoms with Crippen LogP contribution in [0.25, 0.3) is 16.5 Å². The maximum Gasteiger partial charge on any atom is 0.431 e. The molecule has 1 aromatic heterocycles. The molecule has 6 N–H and O–H groups in total. The van der Waals surface area contributed by atoms with Gasteiger partial charge in [-0.1, -0.05) is 0 Å². The number of nitrogen functional groups attached to an aromatic ring is 1. The van der Waals surface area contributed by atoms with Crippen LogP contribution in [0.2, 0.25) is 0 Å². The highest BCUT2D eigenvalue weighted by molar-refractivity contribution is 6.12. The average molecular weight is 347 g/mol. The lowest BCUT2D eigenvalue weighted by molar-refractivity contribution is -0.0919. The van der Waals surface area contributed by atoms with Crippen molar-refractivity contribution >= 4 is 34.6 Å². The number of nitrogens with one attached hydrogen (secondary N) is 2. The lowest BCUT2D eigenvalue weighted by Crippen LogP contribution is -2.22. The Morgan fingerprint density at radius 1 is 1.16 bits per heavy atom. The highest BCUT2D eigenvalue weighted by Crippen LogP contribution is 2.38. The van der Waals surface area contributed by atoms with E-state index < -0.39 is 17.4 Å². The topological polar surface area (TPSA) is 113 Å². The van der Waals surface area contributed by atoms with Crippen molar-refractivity contribution in [1.29, 1.82) is 10.8 Å². The third kappa shape index (κ3) is 2.63. The predicted octanol–water partition coefficient (Wildman–Crippen LogP) is 3.19. The zero-order valence-corrected chi connectivity index (χ0v) is 13.2. The summed E-state index contributed by atoms with van der Waals surface area (Å²) in [7, 11) is 0. The lowest BCUT2D eigenvalue weighted by atomic mass is 9.95. The van der Waals surface area contributed by atoms with Gasteiger partial charge in [-0.2, -0.15) is 13.2 Å². The zero-order chi connectivity index (χ0) is 18.4. The first-order valence-electron chi connectivity index (χ1n) is 7.61. The molecular formula is C17H16F3N5. The third-order valence-corrected chi connectivity index (χ3v) is 4.43. The Kier molecular flexibility index (Phi) is 3.98. The molecule has 1 aliphatic carbocycles. The molecule has 1 aromatic carbocycles. The van der Waals surface area contributed by atoms with Crippen molar-refractivity contribution in [1.82, 2.24) is 4.98 Å². The summed E-state index contributed by atoms with van der Waals surface area (Å²) in [5, 5.41) is 15.7. The Balaban J connectivity index is 2.42. The number of hydrogen-bond donors (Lipinski definition) is 4. The Morgan fingerprint density at radius 3 is 2.44 bits per heavy atom. The van der Waals surface area contributed by atoms with E-state index in [2.05, 4.69) is 4.98 Å². The largest absolute Gasteiger partial charge is 0.431 e. The number of anilines is 1. The van der Waals surface area contributed by atoms with Crippen LogP contribution in [0.5, 0.6) is 0 Å². The van der Waals surface area contributed by atoms with Crippen LogP contribution in [-0.2, 0) is 12.8 Å². The van der Waals surface area contributed by atoms with E-state index in [9.17, 15) is 13.2 Å². The first-order valence-corrected chi connectivity index (χ1v) is 7.61. The van der Waals surface area contributed by atoms with Gasteiger partial charge in [0, 0.05) is 34.6 Å². The number of allylic oxidation sites excluding steroid dienone is 2. The third-order valence-electron chi connectivity index (χ3n) is 4.43. The summed E-state index contributed by atoms with van der Waals surface area (Å²) in [5.41, 5.74) is 12.4. The van der Waals surface area contributed by atoms with Crippen molar-refractivity contribution < 1.29 is 13.2 Å². The molecule has 0 unspecified atom stereocenters. The smallest absolute Gasteiger partial charge is 0.398 e. The first kappa shape index (κ1) is 16.9. The summed E-state index contributed by atoms with van der Waals surface area (Å²) in [6.45, 7) is 0. The second-order valence-corrected chi connectivity index (χ2v) is 5.85. The van der Waals surface area contributed by atoms with Gasteiger partial charge in [0.25, 0.3) is 0 Å². The van der Waals surface area contributed by atoms with E-state index in [0.717, 1.165) is 18.2 Å². The number of halogens is 3. The molecule has 0 amide bonds. The molecule has 0 saturated carbocycles. The van der Waals surface area contributed by atoms with Crippen LogP contribution >= 0.6 is 0 Å². The minimum Gasteiger partial charge on any atom is -0.398 e. The normalized spacial score (nSPS) is 15.0. The van der Waals surface area contributed by atoms with Crippen molar-refractivity contribution in [2.24, 2.45) is 5.73 Å². The molecule has 1 heterocycles. The molecule has 0 spiro atoms. The van der Waals surface area contributed by atoms with Crippen molar-refractivity contribution in [2.75, 3.05) is 5.73 Å². The molecule has 0 fully saturated rings. The summed E-state index contributed by atoms with van der Waals surface area (Å²) in [5.74, 6) is 0. The van der Waals surface area contributed by atoms with Crippen LogP contribution in [0.3, 0.4) is 0 Å². The van der Waals surface area contributed by atoms with E-state index in [0.29, 0.717) is 46.8 Å². The van der Waals surface area contributed by atoms with Gasteiger partial charge in [-0.25, -0.2) is 4.98 Å². The van der Waals surface area contributed by atoms with Crippen molar-refractivity contribution in [3.05, 3.63) is 40.2 Å². The van der Waals surface area contributed by atoms with Gasteiger partial charge in [-0.3, -0.25) is 0 Å². The fraction of sp³-hybridized carbons (Fsp3) is 0.235. The van der Waals surface area contributed by atoms with Crippen LogP contribution in [0.15, 0.2) is 17.8 Å². The van der Waals surface area contributed by atoms with Crippen molar-refractivity contribution in [3.63, 3.8) is 0 Å². The minimum atomic E-state index is -4.74. The number of nitrogens with zero attached hydrogens (tertiary/aromatic N) is 1. The molecule has 130 valence electrons. The molecule has 25 heavy (non-hydrogen) atoms. The molecule has 2 aromatic rings. The summed E-state index contributed by atoms with van der Waals surface area (Å²) >= 11 is 0. The number of benzene rings is 1. The van der Waals surface area contributed by atoms with Gasteiger partial charge in [0.1, 0.15) is 5.70 Å². The predicted molar refractivity (Wildman–Crippen MR) is 92.0 cm³/mol. The van der Waals surface area contributed by atoms with Crippen molar-refractivity contribution in [3.8, 4) is 0 Å². The van der Waals surface area contributed by atoms with Crippen LogP contribution < -0.4 is 11.5 Å². The number of rotatable bonds is 3. The highest BCUT2D eigenvalue weighted by Gasteiger charge is 2.36.